The fourth-order valence-corrected chi connectivity index (χ4v) is 2.76. The molecule has 0 saturated heterocycles. The number of halogens is 1. The fraction of sp³-hybridized carbons (Fsp3) is 0.368. The van der Waals surface area contributed by atoms with Crippen LogP contribution in [0.5, 0.6) is 5.75 Å². The lowest BCUT2D eigenvalue weighted by Gasteiger charge is -2.35. The molecule has 0 N–H and O–H groups in total. The molecule has 134 valence electrons. The maximum Gasteiger partial charge on any atom is 0.332 e. The van der Waals surface area contributed by atoms with E-state index in [1.807, 2.05) is 49.2 Å². The number of pyridine rings is 1. The average molecular weight is 363 g/mol. The SMILES string of the molecule is COC(=O)[C@](C)(c1ccccn1)N(C)CCCOc1cccc(Cl)c1. The van der Waals surface area contributed by atoms with Gasteiger partial charge < -0.3 is 9.47 Å². The van der Waals surface area contributed by atoms with E-state index in [0.717, 1.165) is 12.2 Å². The van der Waals surface area contributed by atoms with Gasteiger partial charge in [0.2, 0.25) is 0 Å². The van der Waals surface area contributed by atoms with Crippen molar-refractivity contribution in [2.75, 3.05) is 27.3 Å². The molecular formula is C19H23ClN2O3. The van der Waals surface area contributed by atoms with Crippen molar-refractivity contribution in [2.45, 2.75) is 18.9 Å². The number of ether oxygens (including phenoxy) is 2. The van der Waals surface area contributed by atoms with E-state index in [9.17, 15) is 4.79 Å². The Hall–Kier alpha value is -2.11. The Labute approximate surface area is 153 Å². The van der Waals surface area contributed by atoms with E-state index in [1.165, 1.54) is 7.11 Å². The lowest BCUT2D eigenvalue weighted by Crippen LogP contribution is -2.49. The van der Waals surface area contributed by atoms with E-state index >= 15 is 0 Å². The van der Waals surface area contributed by atoms with E-state index in [1.54, 1.807) is 18.3 Å². The van der Waals surface area contributed by atoms with Crippen molar-refractivity contribution in [3.63, 3.8) is 0 Å². The number of nitrogens with zero attached hydrogens (tertiary/aromatic N) is 2. The summed E-state index contributed by atoms with van der Waals surface area (Å²) in [5, 5.41) is 0.642. The zero-order chi connectivity index (χ0) is 18.3. The summed E-state index contributed by atoms with van der Waals surface area (Å²) in [6, 6.07) is 12.8. The van der Waals surface area contributed by atoms with Gasteiger partial charge in [-0.05, 0) is 50.7 Å². The number of esters is 1. The van der Waals surface area contributed by atoms with Crippen LogP contribution >= 0.6 is 11.6 Å². The maximum absolute atomic E-state index is 12.4. The molecule has 1 aromatic heterocycles. The first-order chi connectivity index (χ1) is 12.0. The number of carbonyl (C=O) groups excluding carboxylic acids is 1. The third-order valence-corrected chi connectivity index (χ3v) is 4.45. The van der Waals surface area contributed by atoms with Gasteiger partial charge in [0.05, 0.1) is 19.4 Å². The van der Waals surface area contributed by atoms with Gasteiger partial charge in [0.25, 0.3) is 0 Å². The third kappa shape index (κ3) is 4.71. The molecule has 0 radical (unpaired) electrons. The van der Waals surface area contributed by atoms with Crippen LogP contribution in [0.1, 0.15) is 19.0 Å². The first-order valence-corrected chi connectivity index (χ1v) is 8.46. The van der Waals surface area contributed by atoms with Crippen LogP contribution in [-0.2, 0) is 15.1 Å². The van der Waals surface area contributed by atoms with Gasteiger partial charge in [-0.2, -0.15) is 0 Å². The van der Waals surface area contributed by atoms with Gasteiger partial charge in [0.15, 0.2) is 5.54 Å². The highest BCUT2D eigenvalue weighted by Crippen LogP contribution is 2.27. The molecule has 0 aliphatic heterocycles. The zero-order valence-electron chi connectivity index (χ0n) is 14.7. The molecule has 1 heterocycles. The van der Waals surface area contributed by atoms with E-state index in [2.05, 4.69) is 4.98 Å². The Morgan fingerprint density at radius 2 is 2.08 bits per heavy atom. The Morgan fingerprint density at radius 3 is 2.72 bits per heavy atom. The zero-order valence-corrected chi connectivity index (χ0v) is 15.5. The summed E-state index contributed by atoms with van der Waals surface area (Å²) >= 11 is 5.94. The summed E-state index contributed by atoms with van der Waals surface area (Å²) in [6.45, 7) is 2.98. The van der Waals surface area contributed by atoms with Crippen LogP contribution in [-0.4, -0.2) is 43.2 Å². The van der Waals surface area contributed by atoms with E-state index in [-0.39, 0.29) is 5.97 Å². The largest absolute Gasteiger partial charge is 0.493 e. The molecule has 25 heavy (non-hydrogen) atoms. The summed E-state index contributed by atoms with van der Waals surface area (Å²) in [5.74, 6) is 0.389. The van der Waals surface area contributed by atoms with Gasteiger partial charge in [-0.25, -0.2) is 4.79 Å². The minimum atomic E-state index is -0.952. The van der Waals surface area contributed by atoms with Crippen LogP contribution in [0.4, 0.5) is 0 Å². The normalized spacial score (nSPS) is 13.3. The second kappa shape index (κ2) is 8.83. The predicted octanol–water partition coefficient (Wildman–Crippen LogP) is 3.52. The van der Waals surface area contributed by atoms with Crippen LogP contribution in [0.3, 0.4) is 0 Å². The van der Waals surface area contributed by atoms with E-state index in [0.29, 0.717) is 23.9 Å². The van der Waals surface area contributed by atoms with Crippen LogP contribution in [0.15, 0.2) is 48.7 Å². The van der Waals surface area contributed by atoms with E-state index in [4.69, 9.17) is 21.1 Å². The topological polar surface area (TPSA) is 51.7 Å². The number of methoxy groups -OCH3 is 1. The van der Waals surface area contributed by atoms with Crippen LogP contribution in [0.2, 0.25) is 5.02 Å². The van der Waals surface area contributed by atoms with Crippen LogP contribution in [0, 0.1) is 0 Å². The minimum absolute atomic E-state index is 0.343. The smallest absolute Gasteiger partial charge is 0.332 e. The standard InChI is InChI=1S/C19H23ClN2O3/c1-19(18(23)24-3,17-10-4-5-11-21-17)22(2)12-7-13-25-16-9-6-8-15(20)14-16/h4-6,8-11,14H,7,12-13H2,1-3H3/t19-/m0/s1. The van der Waals surface area contributed by atoms with Crippen LogP contribution in [0.25, 0.3) is 0 Å². The summed E-state index contributed by atoms with van der Waals surface area (Å²) < 4.78 is 10.7. The number of hydrogen-bond donors (Lipinski definition) is 0. The molecule has 6 heteroatoms. The highest BCUT2D eigenvalue weighted by Gasteiger charge is 2.41. The summed E-state index contributed by atoms with van der Waals surface area (Å²) in [4.78, 5) is 18.7. The van der Waals surface area contributed by atoms with Crippen molar-refractivity contribution in [3.05, 3.63) is 59.4 Å². The Bertz CT molecular complexity index is 696. The molecule has 1 atom stereocenters. The molecule has 0 fully saturated rings. The van der Waals surface area contributed by atoms with E-state index < -0.39 is 5.54 Å². The lowest BCUT2D eigenvalue weighted by molar-refractivity contribution is -0.154. The van der Waals surface area contributed by atoms with Crippen molar-refractivity contribution < 1.29 is 14.3 Å². The monoisotopic (exact) mass is 362 g/mol. The van der Waals surface area contributed by atoms with Gasteiger partial charge in [0.1, 0.15) is 5.75 Å². The van der Waals surface area contributed by atoms with Crippen molar-refractivity contribution in [1.82, 2.24) is 9.88 Å². The average Bonchev–Trinajstić information content (AvgIpc) is 2.64. The molecule has 0 aliphatic carbocycles. The lowest BCUT2D eigenvalue weighted by atomic mass is 9.95. The molecule has 0 aliphatic rings. The van der Waals surface area contributed by atoms with Crippen molar-refractivity contribution >= 4 is 17.6 Å². The molecule has 0 bridgehead atoms. The Kier molecular flexibility index (Phi) is 6.79. The highest BCUT2D eigenvalue weighted by atomic mass is 35.5. The van der Waals surface area contributed by atoms with Crippen molar-refractivity contribution in [2.24, 2.45) is 0 Å². The quantitative estimate of drug-likeness (QED) is 0.531. The predicted molar refractivity (Wildman–Crippen MR) is 97.8 cm³/mol. The Balaban J connectivity index is 1.98. The minimum Gasteiger partial charge on any atom is -0.493 e. The summed E-state index contributed by atoms with van der Waals surface area (Å²) in [7, 11) is 3.27. The molecule has 5 nitrogen and oxygen atoms in total. The third-order valence-electron chi connectivity index (χ3n) is 4.21. The number of rotatable bonds is 8. The molecular weight excluding hydrogens is 340 g/mol. The molecule has 2 rings (SSSR count). The van der Waals surface area contributed by atoms with Crippen LogP contribution < -0.4 is 4.74 Å². The fourth-order valence-electron chi connectivity index (χ4n) is 2.58. The van der Waals surface area contributed by atoms with Crippen molar-refractivity contribution in [1.29, 1.82) is 0 Å². The second-order valence-corrected chi connectivity index (χ2v) is 6.30. The summed E-state index contributed by atoms with van der Waals surface area (Å²) in [6.07, 6.45) is 2.41. The van der Waals surface area contributed by atoms with Crippen molar-refractivity contribution in [3.8, 4) is 5.75 Å². The molecule has 0 spiro atoms. The molecule has 0 amide bonds. The first kappa shape index (κ1) is 19.2. The molecule has 0 saturated carbocycles. The number of benzene rings is 1. The van der Waals surface area contributed by atoms with Gasteiger partial charge in [-0.3, -0.25) is 9.88 Å². The number of likely N-dealkylation sites (N-methyl/N-ethyl adjacent to an activating group) is 1. The van der Waals surface area contributed by atoms with Gasteiger partial charge in [0, 0.05) is 17.8 Å². The van der Waals surface area contributed by atoms with Gasteiger partial charge in [-0.1, -0.05) is 23.7 Å². The van der Waals surface area contributed by atoms with Gasteiger partial charge in [-0.15, -0.1) is 0 Å². The maximum atomic E-state index is 12.4. The molecule has 2 aromatic rings. The number of carbonyl (C=O) groups is 1. The summed E-state index contributed by atoms with van der Waals surface area (Å²) in [5.41, 5.74) is -0.299. The highest BCUT2D eigenvalue weighted by molar-refractivity contribution is 6.30. The first-order valence-electron chi connectivity index (χ1n) is 8.08. The van der Waals surface area contributed by atoms with Gasteiger partial charge >= 0.3 is 5.97 Å². The Morgan fingerprint density at radius 1 is 1.28 bits per heavy atom. The second-order valence-electron chi connectivity index (χ2n) is 5.86. The number of hydrogen-bond acceptors (Lipinski definition) is 5. The molecule has 1 aromatic carbocycles. The molecule has 0 unspecified atom stereocenters. The number of aromatic nitrogens is 1.